The van der Waals surface area contributed by atoms with Gasteiger partial charge in [0.05, 0.1) is 12.0 Å². The van der Waals surface area contributed by atoms with Crippen molar-refractivity contribution in [3.8, 4) is 0 Å². The van der Waals surface area contributed by atoms with Gasteiger partial charge in [-0.25, -0.2) is 5.43 Å². The van der Waals surface area contributed by atoms with Crippen LogP contribution >= 0.6 is 0 Å². The van der Waals surface area contributed by atoms with Crippen molar-refractivity contribution < 1.29 is 9.21 Å². The molecule has 4 nitrogen and oxygen atoms in total. The van der Waals surface area contributed by atoms with Crippen molar-refractivity contribution in [3.05, 3.63) is 59.5 Å². The van der Waals surface area contributed by atoms with Crippen LogP contribution in [0.4, 0.5) is 0 Å². The molecular formula is C17H20N2O2. The number of hydrogen-bond donors (Lipinski definition) is 1. The van der Waals surface area contributed by atoms with E-state index >= 15 is 0 Å². The average Bonchev–Trinajstić information content (AvgIpc) is 2.98. The second-order valence-corrected chi connectivity index (χ2v) is 5.94. The SMILES string of the molecule is C/C(=N\NC(=O)c1ccco1)c1ccc(C(C)(C)C)cc1. The summed E-state index contributed by atoms with van der Waals surface area (Å²) in [6.45, 7) is 8.38. The zero-order chi connectivity index (χ0) is 15.5. The van der Waals surface area contributed by atoms with Crippen LogP contribution in [0.25, 0.3) is 0 Å². The third-order valence-electron chi connectivity index (χ3n) is 3.24. The number of benzene rings is 1. The number of furan rings is 1. The highest BCUT2D eigenvalue weighted by atomic mass is 16.3. The molecule has 0 unspecified atom stereocenters. The molecule has 1 N–H and O–H groups in total. The first-order valence-electron chi connectivity index (χ1n) is 6.87. The maximum absolute atomic E-state index is 11.7. The summed E-state index contributed by atoms with van der Waals surface area (Å²) in [5.74, 6) is -0.111. The molecule has 0 saturated carbocycles. The first kappa shape index (κ1) is 15.0. The van der Waals surface area contributed by atoms with Crippen molar-refractivity contribution in [2.75, 3.05) is 0 Å². The van der Waals surface area contributed by atoms with Gasteiger partial charge < -0.3 is 4.42 Å². The number of nitrogens with zero attached hydrogens (tertiary/aromatic N) is 1. The summed E-state index contributed by atoms with van der Waals surface area (Å²) in [6, 6.07) is 11.5. The number of hydrogen-bond acceptors (Lipinski definition) is 3. The molecule has 1 heterocycles. The molecular weight excluding hydrogens is 264 g/mol. The highest BCUT2D eigenvalue weighted by molar-refractivity contribution is 6.00. The normalized spacial score (nSPS) is 12.3. The van der Waals surface area contributed by atoms with Crippen molar-refractivity contribution >= 4 is 11.6 Å². The summed E-state index contributed by atoms with van der Waals surface area (Å²) in [7, 11) is 0. The maximum Gasteiger partial charge on any atom is 0.307 e. The molecule has 0 saturated heterocycles. The molecule has 21 heavy (non-hydrogen) atoms. The standard InChI is InChI=1S/C17H20N2O2/c1-12(18-19-16(20)15-6-5-11-21-15)13-7-9-14(10-8-13)17(2,3)4/h5-11H,1-4H3,(H,19,20)/b18-12+. The molecule has 0 bridgehead atoms. The van der Waals surface area contributed by atoms with Gasteiger partial charge in [0.1, 0.15) is 0 Å². The maximum atomic E-state index is 11.7. The van der Waals surface area contributed by atoms with Crippen LogP contribution in [0.15, 0.2) is 52.2 Å². The zero-order valence-corrected chi connectivity index (χ0v) is 12.8. The van der Waals surface area contributed by atoms with Crippen LogP contribution in [-0.2, 0) is 5.41 Å². The fraction of sp³-hybridized carbons (Fsp3) is 0.294. The summed E-state index contributed by atoms with van der Waals surface area (Å²) in [4.78, 5) is 11.7. The van der Waals surface area contributed by atoms with Crippen molar-refractivity contribution in [2.45, 2.75) is 33.1 Å². The van der Waals surface area contributed by atoms with E-state index in [1.54, 1.807) is 12.1 Å². The number of carbonyl (C=O) groups excluding carboxylic acids is 1. The summed E-state index contributed by atoms with van der Waals surface area (Å²) >= 11 is 0. The molecule has 110 valence electrons. The molecule has 0 radical (unpaired) electrons. The minimum absolute atomic E-state index is 0.122. The van der Waals surface area contributed by atoms with Gasteiger partial charge in [0.2, 0.25) is 0 Å². The van der Waals surface area contributed by atoms with E-state index in [9.17, 15) is 4.79 Å². The Morgan fingerprint density at radius 1 is 1.14 bits per heavy atom. The van der Waals surface area contributed by atoms with Crippen molar-refractivity contribution in [3.63, 3.8) is 0 Å². The molecule has 1 amide bonds. The van der Waals surface area contributed by atoms with Gasteiger partial charge in [-0.2, -0.15) is 5.10 Å². The van der Waals surface area contributed by atoms with Gasteiger partial charge in [-0.15, -0.1) is 0 Å². The van der Waals surface area contributed by atoms with Gasteiger partial charge in [0, 0.05) is 0 Å². The molecule has 0 aliphatic carbocycles. The predicted molar refractivity (Wildman–Crippen MR) is 83.5 cm³/mol. The first-order valence-corrected chi connectivity index (χ1v) is 6.87. The van der Waals surface area contributed by atoms with Gasteiger partial charge in [0.25, 0.3) is 0 Å². The Labute approximate surface area is 124 Å². The average molecular weight is 284 g/mol. The molecule has 2 rings (SSSR count). The van der Waals surface area contributed by atoms with Crippen LogP contribution in [0.3, 0.4) is 0 Å². The quantitative estimate of drug-likeness (QED) is 0.689. The molecule has 0 fully saturated rings. The Bertz CT molecular complexity index is 632. The zero-order valence-electron chi connectivity index (χ0n) is 12.8. The largest absolute Gasteiger partial charge is 0.459 e. The summed E-state index contributed by atoms with van der Waals surface area (Å²) in [5.41, 5.74) is 5.59. The molecule has 0 atom stereocenters. The Morgan fingerprint density at radius 2 is 1.81 bits per heavy atom. The van der Waals surface area contributed by atoms with E-state index in [-0.39, 0.29) is 17.1 Å². The molecule has 0 aliphatic rings. The third kappa shape index (κ3) is 3.81. The number of nitrogens with one attached hydrogen (secondary N) is 1. The van der Waals surface area contributed by atoms with E-state index in [0.29, 0.717) is 0 Å². The topological polar surface area (TPSA) is 54.6 Å². The lowest BCUT2D eigenvalue weighted by atomic mass is 9.86. The Kier molecular flexibility index (Phi) is 4.26. The van der Waals surface area contributed by atoms with Crippen LogP contribution in [0.5, 0.6) is 0 Å². The minimum Gasteiger partial charge on any atom is -0.459 e. The van der Waals surface area contributed by atoms with Gasteiger partial charge in [-0.3, -0.25) is 4.79 Å². The van der Waals surface area contributed by atoms with Crippen molar-refractivity contribution in [2.24, 2.45) is 5.10 Å². The Balaban J connectivity index is 2.07. The molecule has 0 aliphatic heterocycles. The lowest BCUT2D eigenvalue weighted by molar-refractivity contribution is 0.0927. The van der Waals surface area contributed by atoms with Crippen LogP contribution in [0, 0.1) is 0 Å². The van der Waals surface area contributed by atoms with Crippen LogP contribution in [0.2, 0.25) is 0 Å². The summed E-state index contributed by atoms with van der Waals surface area (Å²) in [6.07, 6.45) is 1.46. The van der Waals surface area contributed by atoms with E-state index in [4.69, 9.17) is 4.42 Å². The van der Waals surface area contributed by atoms with Crippen LogP contribution in [0.1, 0.15) is 49.4 Å². The molecule has 1 aromatic heterocycles. The summed E-state index contributed by atoms with van der Waals surface area (Å²) in [5, 5.41) is 4.10. The van der Waals surface area contributed by atoms with Gasteiger partial charge >= 0.3 is 5.91 Å². The van der Waals surface area contributed by atoms with Crippen molar-refractivity contribution in [1.82, 2.24) is 5.43 Å². The predicted octanol–water partition coefficient (Wildman–Crippen LogP) is 3.73. The highest BCUT2D eigenvalue weighted by Gasteiger charge is 2.13. The minimum atomic E-state index is -0.356. The second kappa shape index (κ2) is 5.95. The molecule has 2 aromatic rings. The van der Waals surface area contributed by atoms with E-state index in [1.165, 1.54) is 11.8 Å². The lowest BCUT2D eigenvalue weighted by Crippen LogP contribution is -2.18. The number of hydrazone groups is 1. The van der Waals surface area contributed by atoms with E-state index in [0.717, 1.165) is 11.3 Å². The molecule has 4 heteroatoms. The fourth-order valence-corrected chi connectivity index (χ4v) is 1.87. The van der Waals surface area contributed by atoms with E-state index in [1.807, 2.05) is 19.1 Å². The molecule has 1 aromatic carbocycles. The van der Waals surface area contributed by atoms with Gasteiger partial charge in [-0.1, -0.05) is 45.0 Å². The van der Waals surface area contributed by atoms with Crippen molar-refractivity contribution in [1.29, 1.82) is 0 Å². The van der Waals surface area contributed by atoms with E-state index in [2.05, 4.69) is 43.4 Å². The Morgan fingerprint density at radius 3 is 2.33 bits per heavy atom. The van der Waals surface area contributed by atoms with Gasteiger partial charge in [-0.05, 0) is 35.6 Å². The Hall–Kier alpha value is -2.36. The number of rotatable bonds is 3. The first-order chi connectivity index (χ1) is 9.88. The second-order valence-electron chi connectivity index (χ2n) is 5.94. The lowest BCUT2D eigenvalue weighted by Gasteiger charge is -2.19. The van der Waals surface area contributed by atoms with Gasteiger partial charge in [0.15, 0.2) is 5.76 Å². The smallest absolute Gasteiger partial charge is 0.307 e. The molecule has 0 spiro atoms. The fourth-order valence-electron chi connectivity index (χ4n) is 1.87. The number of amides is 1. The third-order valence-corrected chi connectivity index (χ3v) is 3.24. The van der Waals surface area contributed by atoms with Crippen LogP contribution < -0.4 is 5.43 Å². The van der Waals surface area contributed by atoms with Crippen LogP contribution in [-0.4, -0.2) is 11.6 Å². The number of carbonyl (C=O) groups is 1. The van der Waals surface area contributed by atoms with E-state index < -0.39 is 0 Å². The monoisotopic (exact) mass is 284 g/mol. The highest BCUT2D eigenvalue weighted by Crippen LogP contribution is 2.22. The summed E-state index contributed by atoms with van der Waals surface area (Å²) < 4.78 is 5.01.